The third-order valence-corrected chi connectivity index (χ3v) is 5.13. The molecule has 136 valence electrons. The number of rotatable bonds is 5. The average Bonchev–Trinajstić information content (AvgIpc) is 3.05. The van der Waals surface area contributed by atoms with Crippen molar-refractivity contribution in [3.8, 4) is 11.9 Å². The van der Waals surface area contributed by atoms with Crippen molar-refractivity contribution in [3.63, 3.8) is 0 Å². The van der Waals surface area contributed by atoms with Gasteiger partial charge in [-0.2, -0.15) is 5.26 Å². The van der Waals surface area contributed by atoms with Crippen molar-refractivity contribution in [2.75, 3.05) is 6.54 Å². The second-order valence-electron chi connectivity index (χ2n) is 6.91. The van der Waals surface area contributed by atoms with Crippen LogP contribution in [0.15, 0.2) is 53.5 Å². The van der Waals surface area contributed by atoms with Gasteiger partial charge < -0.3 is 5.32 Å². The Kier molecular flexibility index (Phi) is 4.86. The van der Waals surface area contributed by atoms with Crippen LogP contribution in [0.5, 0.6) is 0 Å². The predicted octanol–water partition coefficient (Wildman–Crippen LogP) is 2.33. The Morgan fingerprint density at radius 2 is 2.11 bits per heavy atom. The Morgan fingerprint density at radius 1 is 1.26 bits per heavy atom. The van der Waals surface area contributed by atoms with Gasteiger partial charge in [-0.3, -0.25) is 9.89 Å². The van der Waals surface area contributed by atoms with Gasteiger partial charge in [-0.15, -0.1) is 0 Å². The molecule has 0 amide bonds. The Bertz CT molecular complexity index is 1030. The molecule has 1 aliphatic carbocycles. The van der Waals surface area contributed by atoms with Crippen molar-refractivity contribution in [1.82, 2.24) is 20.1 Å². The highest BCUT2D eigenvalue weighted by Gasteiger charge is 2.24. The quantitative estimate of drug-likeness (QED) is 0.732. The first-order chi connectivity index (χ1) is 13.3. The van der Waals surface area contributed by atoms with Crippen LogP contribution in [0.4, 0.5) is 0 Å². The minimum Gasteiger partial charge on any atom is -0.312 e. The number of benzene rings is 1. The van der Waals surface area contributed by atoms with Crippen molar-refractivity contribution in [2.24, 2.45) is 5.92 Å². The number of H-pyrrole nitrogens is 1. The number of aromatic amines is 1. The van der Waals surface area contributed by atoms with Crippen LogP contribution in [0.2, 0.25) is 0 Å². The van der Waals surface area contributed by atoms with E-state index in [1.165, 1.54) is 0 Å². The van der Waals surface area contributed by atoms with Crippen molar-refractivity contribution in [2.45, 2.75) is 25.8 Å². The molecule has 6 nitrogen and oxygen atoms in total. The average molecular weight is 359 g/mol. The second-order valence-corrected chi connectivity index (χ2v) is 6.91. The second kappa shape index (κ2) is 7.60. The van der Waals surface area contributed by atoms with Gasteiger partial charge in [-0.1, -0.05) is 24.3 Å². The highest BCUT2D eigenvalue weighted by molar-refractivity contribution is 5.37. The fourth-order valence-corrected chi connectivity index (χ4v) is 3.69. The van der Waals surface area contributed by atoms with Crippen molar-refractivity contribution >= 4 is 0 Å². The van der Waals surface area contributed by atoms with Crippen LogP contribution in [0.1, 0.15) is 28.8 Å². The smallest absolute Gasteiger partial charge is 0.276 e. The maximum absolute atomic E-state index is 12.8. The molecule has 2 N–H and O–H groups in total. The summed E-state index contributed by atoms with van der Waals surface area (Å²) in [4.78, 5) is 17.0. The fourth-order valence-electron chi connectivity index (χ4n) is 3.69. The monoisotopic (exact) mass is 359 g/mol. The summed E-state index contributed by atoms with van der Waals surface area (Å²) >= 11 is 0. The summed E-state index contributed by atoms with van der Waals surface area (Å²) < 4.78 is 1.55. The zero-order chi connectivity index (χ0) is 18.6. The molecule has 1 aromatic carbocycles. The standard InChI is InChI=1S/C21H21N5O/c22-12-16-5-1-2-6-17(16)14-23-13-15-8-9-19-18(11-15)21(27)26(25-19)20-7-3-4-10-24-20/h1-7,10,15,23,25H,8-9,11,13-14H2. The van der Waals surface area contributed by atoms with Gasteiger partial charge in [0.15, 0.2) is 5.82 Å². The largest absolute Gasteiger partial charge is 0.312 e. The summed E-state index contributed by atoms with van der Waals surface area (Å²) in [6.45, 7) is 1.49. The first-order valence-corrected chi connectivity index (χ1v) is 9.19. The highest BCUT2D eigenvalue weighted by Crippen LogP contribution is 2.22. The van der Waals surface area contributed by atoms with Crippen molar-refractivity contribution in [3.05, 3.63) is 81.4 Å². The van der Waals surface area contributed by atoms with E-state index in [1.807, 2.05) is 42.5 Å². The van der Waals surface area contributed by atoms with Gasteiger partial charge in [-0.05, 0) is 55.5 Å². The van der Waals surface area contributed by atoms with E-state index >= 15 is 0 Å². The first kappa shape index (κ1) is 17.3. The summed E-state index contributed by atoms with van der Waals surface area (Å²) in [6, 6.07) is 15.4. The molecule has 0 radical (unpaired) electrons. The number of nitrogens with zero attached hydrogens (tertiary/aromatic N) is 3. The minimum absolute atomic E-state index is 0.00299. The third kappa shape index (κ3) is 3.55. The van der Waals surface area contributed by atoms with Crippen LogP contribution >= 0.6 is 0 Å². The van der Waals surface area contributed by atoms with Crippen LogP contribution in [0.25, 0.3) is 5.82 Å². The number of aryl methyl sites for hydroxylation is 1. The molecule has 1 atom stereocenters. The molecule has 27 heavy (non-hydrogen) atoms. The summed E-state index contributed by atoms with van der Waals surface area (Å²) in [5.74, 6) is 1.03. The number of fused-ring (bicyclic) bond motifs is 1. The molecular weight excluding hydrogens is 338 g/mol. The van der Waals surface area contributed by atoms with E-state index in [-0.39, 0.29) is 5.56 Å². The number of aromatic nitrogens is 3. The molecule has 0 spiro atoms. The van der Waals surface area contributed by atoms with E-state index in [2.05, 4.69) is 21.5 Å². The van der Waals surface area contributed by atoms with E-state index in [4.69, 9.17) is 0 Å². The Morgan fingerprint density at radius 3 is 2.93 bits per heavy atom. The van der Waals surface area contributed by atoms with Gasteiger partial charge in [-0.25, -0.2) is 9.67 Å². The zero-order valence-corrected chi connectivity index (χ0v) is 15.0. The lowest BCUT2D eigenvalue weighted by Crippen LogP contribution is -2.29. The highest BCUT2D eigenvalue weighted by atomic mass is 16.1. The topological polar surface area (TPSA) is 86.5 Å². The lowest BCUT2D eigenvalue weighted by molar-refractivity contribution is 0.421. The lowest BCUT2D eigenvalue weighted by Gasteiger charge is -2.21. The van der Waals surface area contributed by atoms with Crippen molar-refractivity contribution in [1.29, 1.82) is 5.26 Å². The molecule has 2 aromatic heterocycles. The van der Waals surface area contributed by atoms with E-state index < -0.39 is 0 Å². The van der Waals surface area contributed by atoms with E-state index in [1.54, 1.807) is 10.9 Å². The van der Waals surface area contributed by atoms with Gasteiger partial charge in [0.05, 0.1) is 11.6 Å². The van der Waals surface area contributed by atoms with Crippen LogP contribution in [0, 0.1) is 17.2 Å². The minimum atomic E-state index is 0.00299. The van der Waals surface area contributed by atoms with Gasteiger partial charge >= 0.3 is 0 Å². The van der Waals surface area contributed by atoms with Gasteiger partial charge in [0, 0.05) is 24.0 Å². The molecule has 0 saturated heterocycles. The molecule has 6 heteroatoms. The Labute approximate surface area is 157 Å². The number of pyridine rings is 1. The molecule has 2 heterocycles. The molecule has 0 bridgehead atoms. The normalized spacial score (nSPS) is 15.9. The van der Waals surface area contributed by atoms with Crippen LogP contribution in [-0.4, -0.2) is 21.3 Å². The number of nitrogens with one attached hydrogen (secondary N) is 2. The summed E-state index contributed by atoms with van der Waals surface area (Å²) in [7, 11) is 0. The molecule has 1 unspecified atom stereocenters. The van der Waals surface area contributed by atoms with Crippen LogP contribution in [0.3, 0.4) is 0 Å². The summed E-state index contributed by atoms with van der Waals surface area (Å²) in [5.41, 5.74) is 3.62. The van der Waals surface area contributed by atoms with E-state index in [0.29, 0.717) is 23.8 Å². The van der Waals surface area contributed by atoms with Crippen LogP contribution < -0.4 is 10.9 Å². The zero-order valence-electron chi connectivity index (χ0n) is 15.0. The molecule has 3 aromatic rings. The molecule has 0 fully saturated rings. The molecular formula is C21H21N5O. The predicted molar refractivity (Wildman–Crippen MR) is 103 cm³/mol. The summed E-state index contributed by atoms with van der Waals surface area (Å²) in [5, 5.41) is 15.9. The van der Waals surface area contributed by atoms with E-state index in [0.717, 1.165) is 42.6 Å². The molecule has 0 aliphatic heterocycles. The van der Waals surface area contributed by atoms with Gasteiger partial charge in [0.1, 0.15) is 0 Å². The Hall–Kier alpha value is -3.17. The Balaban J connectivity index is 1.42. The van der Waals surface area contributed by atoms with Crippen molar-refractivity contribution < 1.29 is 0 Å². The van der Waals surface area contributed by atoms with Gasteiger partial charge in [0.25, 0.3) is 5.56 Å². The fraction of sp³-hybridized carbons (Fsp3) is 0.286. The maximum Gasteiger partial charge on any atom is 0.276 e. The van der Waals surface area contributed by atoms with Crippen LogP contribution in [-0.2, 0) is 19.4 Å². The van der Waals surface area contributed by atoms with Gasteiger partial charge in [0.2, 0.25) is 0 Å². The third-order valence-electron chi connectivity index (χ3n) is 5.13. The maximum atomic E-state index is 12.8. The molecule has 0 saturated carbocycles. The SMILES string of the molecule is N#Cc1ccccc1CNCC1CCc2[nH]n(-c3ccccn3)c(=O)c2C1. The number of nitriles is 1. The lowest BCUT2D eigenvalue weighted by atomic mass is 9.87. The molecule has 1 aliphatic rings. The van der Waals surface area contributed by atoms with E-state index in [9.17, 15) is 10.1 Å². The number of hydrogen-bond donors (Lipinski definition) is 2. The summed E-state index contributed by atoms with van der Waals surface area (Å²) in [6.07, 6.45) is 4.35. The molecule has 4 rings (SSSR count). The first-order valence-electron chi connectivity index (χ1n) is 9.19. The number of hydrogen-bond acceptors (Lipinski definition) is 4.